The van der Waals surface area contributed by atoms with Crippen LogP contribution in [0, 0.1) is 5.92 Å². The maximum Gasteiger partial charge on any atom is 0.230 e. The molecule has 0 radical (unpaired) electrons. The van der Waals surface area contributed by atoms with E-state index in [0.29, 0.717) is 0 Å². The SMILES string of the molecule is O=C1NC23C=CC(C4=C2C1C(Cl)C=C4)c1ccccc13. The predicted molar refractivity (Wildman–Crippen MR) is 77.4 cm³/mol. The van der Waals surface area contributed by atoms with Crippen molar-refractivity contribution in [3.63, 3.8) is 0 Å². The average Bonchev–Trinajstić information content (AvgIpc) is 2.78. The Bertz CT molecular complexity index is 760. The van der Waals surface area contributed by atoms with E-state index in [1.807, 2.05) is 12.1 Å². The van der Waals surface area contributed by atoms with Gasteiger partial charge >= 0.3 is 0 Å². The zero-order valence-corrected chi connectivity index (χ0v) is 11.4. The third kappa shape index (κ3) is 0.999. The minimum Gasteiger partial charge on any atom is -0.339 e. The normalized spacial score (nSPS) is 38.9. The van der Waals surface area contributed by atoms with Gasteiger partial charge in [0.05, 0.1) is 11.3 Å². The van der Waals surface area contributed by atoms with Crippen LogP contribution < -0.4 is 5.32 Å². The number of hydrogen-bond donors (Lipinski definition) is 1. The zero-order valence-electron chi connectivity index (χ0n) is 10.6. The molecule has 4 unspecified atom stereocenters. The molecule has 1 aliphatic heterocycles. The molecule has 4 aliphatic carbocycles. The van der Waals surface area contributed by atoms with Crippen LogP contribution in [0.2, 0.25) is 0 Å². The summed E-state index contributed by atoms with van der Waals surface area (Å²) in [5.41, 5.74) is 4.48. The van der Waals surface area contributed by atoms with E-state index in [1.165, 1.54) is 22.3 Å². The molecule has 1 heterocycles. The highest BCUT2D eigenvalue weighted by Gasteiger charge is 2.57. The number of rotatable bonds is 0. The van der Waals surface area contributed by atoms with Crippen molar-refractivity contribution in [3.8, 4) is 0 Å². The Labute approximate surface area is 121 Å². The number of alkyl halides is 1. The molecule has 0 saturated carbocycles. The van der Waals surface area contributed by atoms with Gasteiger partial charge in [0.15, 0.2) is 0 Å². The van der Waals surface area contributed by atoms with Crippen molar-refractivity contribution in [2.45, 2.75) is 16.8 Å². The highest BCUT2D eigenvalue weighted by atomic mass is 35.5. The number of halogens is 1. The van der Waals surface area contributed by atoms with E-state index in [-0.39, 0.29) is 23.1 Å². The topological polar surface area (TPSA) is 29.1 Å². The van der Waals surface area contributed by atoms with Gasteiger partial charge in [0, 0.05) is 5.92 Å². The van der Waals surface area contributed by atoms with Gasteiger partial charge in [-0.25, -0.2) is 0 Å². The van der Waals surface area contributed by atoms with E-state index in [1.54, 1.807) is 0 Å². The lowest BCUT2D eigenvalue weighted by atomic mass is 9.61. The van der Waals surface area contributed by atoms with E-state index < -0.39 is 5.54 Å². The van der Waals surface area contributed by atoms with Crippen LogP contribution in [0.4, 0.5) is 0 Å². The van der Waals surface area contributed by atoms with Crippen molar-refractivity contribution < 1.29 is 4.79 Å². The smallest absolute Gasteiger partial charge is 0.230 e. The molecule has 1 spiro atoms. The molecular formula is C17H12ClNO. The molecule has 98 valence electrons. The summed E-state index contributed by atoms with van der Waals surface area (Å²) in [6.07, 6.45) is 8.44. The lowest BCUT2D eigenvalue weighted by molar-refractivity contribution is -0.122. The molecule has 1 fully saturated rings. The highest BCUT2D eigenvalue weighted by Crippen LogP contribution is 2.58. The van der Waals surface area contributed by atoms with Crippen molar-refractivity contribution in [2.75, 3.05) is 0 Å². The van der Waals surface area contributed by atoms with Gasteiger partial charge in [0.2, 0.25) is 5.91 Å². The number of allylic oxidation sites excluding steroid dienone is 4. The minimum atomic E-state index is -0.458. The summed E-state index contributed by atoms with van der Waals surface area (Å²) < 4.78 is 0. The largest absolute Gasteiger partial charge is 0.339 e. The van der Waals surface area contributed by atoms with E-state index in [0.717, 1.165) is 0 Å². The molecule has 5 aliphatic rings. The molecular weight excluding hydrogens is 270 g/mol. The van der Waals surface area contributed by atoms with E-state index >= 15 is 0 Å². The van der Waals surface area contributed by atoms with Crippen LogP contribution in [0.5, 0.6) is 0 Å². The first-order valence-electron chi connectivity index (χ1n) is 6.90. The maximum atomic E-state index is 12.5. The standard InChI is InChI=1S/C17H12ClNO/c18-13-6-5-11-9-7-8-17(12-4-2-1-3-10(9)12)15(11)14(13)16(20)19-17/h1-9,13-14H,(H,19,20). The summed E-state index contributed by atoms with van der Waals surface area (Å²) in [6.45, 7) is 0. The van der Waals surface area contributed by atoms with E-state index in [9.17, 15) is 4.79 Å². The number of hydrogen-bond acceptors (Lipinski definition) is 1. The Morgan fingerprint density at radius 2 is 2.05 bits per heavy atom. The predicted octanol–water partition coefficient (Wildman–Crippen LogP) is 2.77. The lowest BCUT2D eigenvalue weighted by Gasteiger charge is -2.44. The van der Waals surface area contributed by atoms with E-state index in [4.69, 9.17) is 11.6 Å². The summed E-state index contributed by atoms with van der Waals surface area (Å²) >= 11 is 6.38. The second-order valence-corrected chi connectivity index (χ2v) is 6.38. The summed E-state index contributed by atoms with van der Waals surface area (Å²) in [7, 11) is 0. The quantitative estimate of drug-likeness (QED) is 0.575. The molecule has 1 amide bonds. The molecule has 1 N–H and O–H groups in total. The Hall–Kier alpha value is -1.80. The second-order valence-electron chi connectivity index (χ2n) is 5.87. The van der Waals surface area contributed by atoms with Crippen LogP contribution in [0.1, 0.15) is 17.0 Å². The highest BCUT2D eigenvalue weighted by molar-refractivity contribution is 6.24. The molecule has 2 nitrogen and oxygen atoms in total. The van der Waals surface area contributed by atoms with Gasteiger partial charge < -0.3 is 5.32 Å². The van der Waals surface area contributed by atoms with Gasteiger partial charge in [0.25, 0.3) is 0 Å². The molecule has 1 aromatic rings. The van der Waals surface area contributed by atoms with Crippen LogP contribution >= 0.6 is 11.6 Å². The number of amides is 1. The Kier molecular flexibility index (Phi) is 1.78. The number of nitrogens with one attached hydrogen (secondary N) is 1. The van der Waals surface area contributed by atoms with Crippen LogP contribution in [0.25, 0.3) is 0 Å². The van der Waals surface area contributed by atoms with Crippen LogP contribution in [-0.2, 0) is 10.3 Å². The summed E-state index contributed by atoms with van der Waals surface area (Å²) in [6, 6.07) is 8.39. The minimum absolute atomic E-state index is 0.0452. The number of carbonyl (C=O) groups excluding carboxylic acids is 1. The lowest BCUT2D eigenvalue weighted by Crippen LogP contribution is -2.44. The molecule has 0 aromatic heterocycles. The molecule has 3 heteroatoms. The fourth-order valence-corrected chi connectivity index (χ4v) is 4.58. The fraction of sp³-hybridized carbons (Fsp3) is 0.235. The van der Waals surface area contributed by atoms with Crippen molar-refractivity contribution in [1.29, 1.82) is 0 Å². The van der Waals surface area contributed by atoms with Gasteiger partial charge in [-0.3, -0.25) is 4.79 Å². The fourth-order valence-electron chi connectivity index (χ4n) is 4.27. The van der Waals surface area contributed by atoms with Gasteiger partial charge in [-0.2, -0.15) is 0 Å². The first-order chi connectivity index (χ1) is 9.72. The summed E-state index contributed by atoms with van der Waals surface area (Å²) in [5, 5.41) is 2.96. The van der Waals surface area contributed by atoms with Crippen LogP contribution in [0.3, 0.4) is 0 Å². The monoisotopic (exact) mass is 281 g/mol. The van der Waals surface area contributed by atoms with Crippen molar-refractivity contribution in [2.24, 2.45) is 5.92 Å². The van der Waals surface area contributed by atoms with Gasteiger partial charge in [-0.05, 0) is 22.3 Å². The molecule has 6 rings (SSSR count). The summed E-state index contributed by atoms with van der Waals surface area (Å²) in [5.74, 6) is 0.0833. The average molecular weight is 282 g/mol. The van der Waals surface area contributed by atoms with Gasteiger partial charge in [-0.1, -0.05) is 48.6 Å². The van der Waals surface area contributed by atoms with E-state index in [2.05, 4.69) is 41.7 Å². The third-order valence-corrected chi connectivity index (χ3v) is 5.42. The first-order valence-corrected chi connectivity index (χ1v) is 7.33. The third-order valence-electron chi connectivity index (χ3n) is 5.02. The summed E-state index contributed by atoms with van der Waals surface area (Å²) in [4.78, 5) is 12.5. The van der Waals surface area contributed by atoms with Crippen LogP contribution in [-0.4, -0.2) is 11.3 Å². The van der Waals surface area contributed by atoms with Crippen LogP contribution in [0.15, 0.2) is 59.7 Å². The van der Waals surface area contributed by atoms with Gasteiger partial charge in [0.1, 0.15) is 5.54 Å². The zero-order chi connectivity index (χ0) is 13.5. The second kappa shape index (κ2) is 3.26. The molecule has 1 aromatic carbocycles. The Balaban J connectivity index is 1.89. The van der Waals surface area contributed by atoms with Gasteiger partial charge in [-0.15, -0.1) is 11.6 Å². The molecule has 1 saturated heterocycles. The molecule has 4 atom stereocenters. The Morgan fingerprint density at radius 3 is 2.95 bits per heavy atom. The number of carbonyl (C=O) groups is 1. The Morgan fingerprint density at radius 1 is 1.20 bits per heavy atom. The molecule has 20 heavy (non-hydrogen) atoms. The van der Waals surface area contributed by atoms with Crippen molar-refractivity contribution in [1.82, 2.24) is 5.32 Å². The maximum absolute atomic E-state index is 12.5. The number of benzene rings is 1. The molecule has 2 bridgehead atoms. The van der Waals surface area contributed by atoms with Crippen molar-refractivity contribution in [3.05, 3.63) is 70.8 Å². The van der Waals surface area contributed by atoms with Crippen molar-refractivity contribution >= 4 is 17.5 Å². The first kappa shape index (κ1) is 10.9.